The van der Waals surface area contributed by atoms with E-state index in [-0.39, 0.29) is 5.92 Å². The molecule has 0 amide bonds. The maximum atomic E-state index is 10.7. The van der Waals surface area contributed by atoms with Crippen molar-refractivity contribution in [1.29, 1.82) is 0 Å². The van der Waals surface area contributed by atoms with E-state index in [9.17, 15) is 5.11 Å². The SMILES string of the molecule is Cc1c(Cl)nc(C(C)C)nc1NCC1(O)CCCC(C)C1. The van der Waals surface area contributed by atoms with Gasteiger partial charge >= 0.3 is 0 Å². The molecule has 0 aromatic carbocycles. The largest absolute Gasteiger partial charge is 0.388 e. The van der Waals surface area contributed by atoms with Crippen LogP contribution in [0.3, 0.4) is 0 Å². The first-order chi connectivity index (χ1) is 9.81. The number of halogens is 1. The zero-order valence-corrected chi connectivity index (χ0v) is 14.2. The average molecular weight is 312 g/mol. The topological polar surface area (TPSA) is 58.0 Å². The minimum atomic E-state index is -0.639. The Morgan fingerprint density at radius 3 is 2.76 bits per heavy atom. The second-order valence-corrected chi connectivity index (χ2v) is 7.14. The minimum absolute atomic E-state index is 0.224. The summed E-state index contributed by atoms with van der Waals surface area (Å²) in [5.74, 6) is 2.27. The number of hydrogen-bond donors (Lipinski definition) is 2. The van der Waals surface area contributed by atoms with Crippen LogP contribution in [0.5, 0.6) is 0 Å². The summed E-state index contributed by atoms with van der Waals surface area (Å²) in [6.45, 7) is 8.71. The molecule has 1 fully saturated rings. The zero-order chi connectivity index (χ0) is 15.6. The van der Waals surface area contributed by atoms with Gasteiger partial charge in [-0.05, 0) is 25.7 Å². The van der Waals surface area contributed by atoms with Crippen molar-refractivity contribution in [1.82, 2.24) is 9.97 Å². The van der Waals surface area contributed by atoms with Crippen LogP contribution in [-0.4, -0.2) is 27.2 Å². The summed E-state index contributed by atoms with van der Waals surface area (Å²) in [6, 6.07) is 0. The van der Waals surface area contributed by atoms with Crippen molar-refractivity contribution in [3.8, 4) is 0 Å². The van der Waals surface area contributed by atoms with Crippen molar-refractivity contribution in [2.75, 3.05) is 11.9 Å². The third-order valence-corrected chi connectivity index (χ3v) is 4.64. The summed E-state index contributed by atoms with van der Waals surface area (Å²) >= 11 is 6.19. The number of aromatic nitrogens is 2. The van der Waals surface area contributed by atoms with Crippen LogP contribution < -0.4 is 5.32 Å². The molecule has 1 saturated carbocycles. The average Bonchev–Trinajstić information content (AvgIpc) is 2.39. The molecule has 1 aromatic heterocycles. The van der Waals surface area contributed by atoms with Crippen LogP contribution in [-0.2, 0) is 0 Å². The van der Waals surface area contributed by atoms with Gasteiger partial charge in [-0.1, -0.05) is 45.2 Å². The van der Waals surface area contributed by atoms with E-state index in [0.717, 1.165) is 36.5 Å². The second kappa shape index (κ2) is 6.49. The predicted molar refractivity (Wildman–Crippen MR) is 86.9 cm³/mol. The number of hydrogen-bond acceptors (Lipinski definition) is 4. The van der Waals surface area contributed by atoms with E-state index >= 15 is 0 Å². The predicted octanol–water partition coefficient (Wildman–Crippen LogP) is 3.91. The maximum Gasteiger partial charge on any atom is 0.137 e. The Kier molecular flexibility index (Phi) is 5.10. The fraction of sp³-hybridized carbons (Fsp3) is 0.750. The Labute approximate surface area is 132 Å². The van der Waals surface area contributed by atoms with E-state index in [4.69, 9.17) is 11.6 Å². The van der Waals surface area contributed by atoms with Gasteiger partial charge in [0.05, 0.1) is 5.60 Å². The molecule has 1 heterocycles. The lowest BCUT2D eigenvalue weighted by Gasteiger charge is -2.35. The summed E-state index contributed by atoms with van der Waals surface area (Å²) in [4.78, 5) is 8.86. The highest BCUT2D eigenvalue weighted by atomic mass is 35.5. The smallest absolute Gasteiger partial charge is 0.137 e. The van der Waals surface area contributed by atoms with Crippen molar-refractivity contribution in [2.45, 2.75) is 64.9 Å². The third kappa shape index (κ3) is 4.07. The molecule has 2 rings (SSSR count). The van der Waals surface area contributed by atoms with Crippen LogP contribution in [0, 0.1) is 12.8 Å². The van der Waals surface area contributed by atoms with Gasteiger partial charge in [0.2, 0.25) is 0 Å². The van der Waals surface area contributed by atoms with Crippen molar-refractivity contribution in [2.24, 2.45) is 5.92 Å². The summed E-state index contributed by atoms with van der Waals surface area (Å²) in [7, 11) is 0. The minimum Gasteiger partial charge on any atom is -0.388 e. The highest BCUT2D eigenvalue weighted by Crippen LogP contribution is 2.33. The molecule has 0 saturated heterocycles. The van der Waals surface area contributed by atoms with Gasteiger partial charge in [0.1, 0.15) is 16.8 Å². The number of anilines is 1. The summed E-state index contributed by atoms with van der Waals surface area (Å²) in [5, 5.41) is 14.5. The number of nitrogens with one attached hydrogen (secondary N) is 1. The quantitative estimate of drug-likeness (QED) is 0.828. The van der Waals surface area contributed by atoms with Crippen molar-refractivity contribution >= 4 is 17.4 Å². The number of rotatable bonds is 4. The second-order valence-electron chi connectivity index (χ2n) is 6.78. The van der Waals surface area contributed by atoms with Gasteiger partial charge in [0.15, 0.2) is 0 Å². The fourth-order valence-electron chi connectivity index (χ4n) is 2.98. The highest BCUT2D eigenvalue weighted by Gasteiger charge is 2.32. The van der Waals surface area contributed by atoms with Crippen molar-refractivity contribution < 1.29 is 5.11 Å². The molecule has 118 valence electrons. The Balaban J connectivity index is 2.12. The number of aliphatic hydroxyl groups is 1. The zero-order valence-electron chi connectivity index (χ0n) is 13.4. The Bertz CT molecular complexity index is 507. The van der Waals surface area contributed by atoms with Gasteiger partial charge in [-0.15, -0.1) is 0 Å². The highest BCUT2D eigenvalue weighted by molar-refractivity contribution is 6.30. The molecule has 0 aliphatic heterocycles. The summed E-state index contributed by atoms with van der Waals surface area (Å²) in [6.07, 6.45) is 3.98. The molecule has 0 radical (unpaired) electrons. The maximum absolute atomic E-state index is 10.7. The third-order valence-electron chi connectivity index (χ3n) is 4.27. The van der Waals surface area contributed by atoms with Gasteiger partial charge in [-0.25, -0.2) is 9.97 Å². The van der Waals surface area contributed by atoms with E-state index in [0.29, 0.717) is 17.6 Å². The first-order valence-corrected chi connectivity index (χ1v) is 8.19. The van der Waals surface area contributed by atoms with Gasteiger partial charge < -0.3 is 10.4 Å². The fourth-order valence-corrected chi connectivity index (χ4v) is 3.15. The van der Waals surface area contributed by atoms with Crippen LogP contribution in [0.1, 0.15) is 63.8 Å². The molecular weight excluding hydrogens is 286 g/mol. The van der Waals surface area contributed by atoms with E-state index in [2.05, 4.69) is 22.2 Å². The summed E-state index contributed by atoms with van der Waals surface area (Å²) < 4.78 is 0. The Morgan fingerprint density at radius 2 is 2.14 bits per heavy atom. The lowest BCUT2D eigenvalue weighted by atomic mass is 9.79. The van der Waals surface area contributed by atoms with E-state index < -0.39 is 5.60 Å². The van der Waals surface area contributed by atoms with Crippen LogP contribution in [0.25, 0.3) is 0 Å². The Morgan fingerprint density at radius 1 is 1.43 bits per heavy atom. The van der Waals surface area contributed by atoms with Crippen molar-refractivity contribution in [3.63, 3.8) is 0 Å². The molecule has 0 spiro atoms. The molecule has 4 nitrogen and oxygen atoms in total. The molecule has 2 N–H and O–H groups in total. The number of nitrogens with zero attached hydrogens (tertiary/aromatic N) is 2. The monoisotopic (exact) mass is 311 g/mol. The molecule has 1 aliphatic rings. The van der Waals surface area contributed by atoms with Gasteiger partial charge in [-0.3, -0.25) is 0 Å². The van der Waals surface area contributed by atoms with Crippen LogP contribution >= 0.6 is 11.6 Å². The van der Waals surface area contributed by atoms with E-state index in [1.165, 1.54) is 6.42 Å². The summed E-state index contributed by atoms with van der Waals surface area (Å²) in [5.41, 5.74) is 0.202. The van der Waals surface area contributed by atoms with Crippen LogP contribution in [0.2, 0.25) is 5.15 Å². The van der Waals surface area contributed by atoms with Crippen LogP contribution in [0.15, 0.2) is 0 Å². The van der Waals surface area contributed by atoms with Gasteiger partial charge in [-0.2, -0.15) is 0 Å². The molecule has 21 heavy (non-hydrogen) atoms. The van der Waals surface area contributed by atoms with E-state index in [1.807, 2.05) is 20.8 Å². The van der Waals surface area contributed by atoms with E-state index in [1.54, 1.807) is 0 Å². The molecule has 5 heteroatoms. The lowest BCUT2D eigenvalue weighted by molar-refractivity contribution is -0.000839. The molecular formula is C16H26ClN3O. The van der Waals surface area contributed by atoms with Crippen LogP contribution in [0.4, 0.5) is 5.82 Å². The normalized spacial score (nSPS) is 26.1. The first-order valence-electron chi connectivity index (χ1n) is 7.81. The standard InChI is InChI=1S/C16H26ClN3O/c1-10(2)14-19-13(17)12(4)15(20-14)18-9-16(21)7-5-6-11(3)8-16/h10-11,21H,5-9H2,1-4H3,(H,18,19,20). The van der Waals surface area contributed by atoms with Gasteiger partial charge in [0.25, 0.3) is 0 Å². The molecule has 1 aliphatic carbocycles. The molecule has 1 aromatic rings. The van der Waals surface area contributed by atoms with Crippen molar-refractivity contribution in [3.05, 3.63) is 16.5 Å². The lowest BCUT2D eigenvalue weighted by Crippen LogP contribution is -2.41. The molecule has 2 unspecified atom stereocenters. The first kappa shape index (κ1) is 16.5. The van der Waals surface area contributed by atoms with Gasteiger partial charge in [0, 0.05) is 18.0 Å². The Hall–Kier alpha value is -0.870. The molecule has 0 bridgehead atoms. The molecule has 2 atom stereocenters.